The first-order valence-electron chi connectivity index (χ1n) is 11.4. The molecule has 0 amide bonds. The van der Waals surface area contributed by atoms with Crippen LogP contribution in [0.5, 0.6) is 5.88 Å². The summed E-state index contributed by atoms with van der Waals surface area (Å²) in [6.45, 7) is 9.10. The summed E-state index contributed by atoms with van der Waals surface area (Å²) in [7, 11) is 0. The molecule has 3 heterocycles. The molecule has 3 aromatic rings. The van der Waals surface area contributed by atoms with Gasteiger partial charge in [-0.15, -0.1) is 0 Å². The van der Waals surface area contributed by atoms with Crippen LogP contribution in [-0.2, 0) is 6.18 Å². The summed E-state index contributed by atoms with van der Waals surface area (Å²) in [6, 6.07) is 4.76. The Kier molecular flexibility index (Phi) is 7.04. The van der Waals surface area contributed by atoms with Crippen LogP contribution in [0.4, 0.5) is 19.0 Å². The molecule has 1 fully saturated rings. The van der Waals surface area contributed by atoms with Gasteiger partial charge in [0.2, 0.25) is 5.89 Å². The van der Waals surface area contributed by atoms with Gasteiger partial charge in [0.15, 0.2) is 5.82 Å². The minimum Gasteiger partial charge on any atom is -0.356 e. The smallest absolute Gasteiger partial charge is 0.356 e. The molecule has 0 radical (unpaired) electrons. The van der Waals surface area contributed by atoms with E-state index >= 15 is 0 Å². The van der Waals surface area contributed by atoms with Crippen molar-refractivity contribution in [2.24, 2.45) is 5.16 Å². The van der Waals surface area contributed by atoms with Gasteiger partial charge in [-0.1, -0.05) is 36.3 Å². The molecular formula is C24H27F3N6O2. The van der Waals surface area contributed by atoms with Crippen LogP contribution in [-0.4, -0.2) is 38.9 Å². The number of aromatic nitrogens is 4. The zero-order valence-electron chi connectivity index (χ0n) is 20.0. The highest BCUT2D eigenvalue weighted by Crippen LogP contribution is 2.32. The van der Waals surface area contributed by atoms with Crippen LogP contribution in [0, 0.1) is 6.92 Å². The highest BCUT2D eigenvalue weighted by atomic mass is 19.4. The third-order valence-electron chi connectivity index (χ3n) is 6.03. The van der Waals surface area contributed by atoms with E-state index in [1.54, 1.807) is 6.92 Å². The Hall–Kier alpha value is -3.50. The van der Waals surface area contributed by atoms with Crippen LogP contribution in [0.25, 0.3) is 0 Å². The van der Waals surface area contributed by atoms with Crippen molar-refractivity contribution >= 4 is 11.5 Å². The molecule has 2 aromatic heterocycles. The number of anilines is 1. The zero-order valence-corrected chi connectivity index (χ0v) is 20.0. The molecule has 35 heavy (non-hydrogen) atoms. The fourth-order valence-electron chi connectivity index (χ4n) is 3.89. The lowest BCUT2D eigenvalue weighted by Gasteiger charge is -2.32. The van der Waals surface area contributed by atoms with Gasteiger partial charge in [-0.25, -0.2) is 4.98 Å². The topological polar surface area (TPSA) is 89.5 Å². The number of rotatable bonds is 6. The maximum absolute atomic E-state index is 12.8. The van der Waals surface area contributed by atoms with Crippen molar-refractivity contribution in [2.75, 3.05) is 18.0 Å². The molecule has 0 atom stereocenters. The Balaban J connectivity index is 1.41. The number of alkyl halides is 3. The van der Waals surface area contributed by atoms with Crippen molar-refractivity contribution in [3.63, 3.8) is 0 Å². The monoisotopic (exact) mass is 488 g/mol. The number of halogens is 3. The first kappa shape index (κ1) is 24.6. The lowest BCUT2D eigenvalue weighted by molar-refractivity contribution is -0.137. The van der Waals surface area contributed by atoms with Crippen LogP contribution in [0.2, 0.25) is 0 Å². The summed E-state index contributed by atoms with van der Waals surface area (Å²) in [5, 5.41) is 8.14. The summed E-state index contributed by atoms with van der Waals surface area (Å²) in [5.74, 6) is 2.89. The second-order valence-electron chi connectivity index (χ2n) is 8.88. The van der Waals surface area contributed by atoms with Crippen molar-refractivity contribution < 1.29 is 22.5 Å². The van der Waals surface area contributed by atoms with E-state index in [1.165, 1.54) is 18.5 Å². The van der Waals surface area contributed by atoms with Gasteiger partial charge < -0.3 is 14.3 Å². The van der Waals surface area contributed by atoms with Crippen molar-refractivity contribution in [2.45, 2.75) is 58.5 Å². The summed E-state index contributed by atoms with van der Waals surface area (Å²) >= 11 is 0. The van der Waals surface area contributed by atoms with Crippen molar-refractivity contribution in [3.05, 3.63) is 59.0 Å². The molecule has 0 N–H and O–H groups in total. The van der Waals surface area contributed by atoms with Gasteiger partial charge in [0.05, 0.1) is 16.8 Å². The number of oxime groups is 1. The van der Waals surface area contributed by atoms with E-state index in [-0.39, 0.29) is 11.8 Å². The molecule has 0 unspecified atom stereocenters. The molecule has 0 bridgehead atoms. The van der Waals surface area contributed by atoms with Gasteiger partial charge in [0.25, 0.3) is 5.88 Å². The molecular weight excluding hydrogens is 461 g/mol. The predicted molar refractivity (Wildman–Crippen MR) is 124 cm³/mol. The Morgan fingerprint density at radius 2 is 1.83 bits per heavy atom. The van der Waals surface area contributed by atoms with Crippen LogP contribution in [0.15, 0.2) is 40.3 Å². The number of hydrogen-bond acceptors (Lipinski definition) is 8. The van der Waals surface area contributed by atoms with Gasteiger partial charge in [-0.05, 0) is 44.4 Å². The third-order valence-corrected chi connectivity index (χ3v) is 6.03. The number of nitrogens with zero attached hydrogens (tertiary/aromatic N) is 6. The van der Waals surface area contributed by atoms with Gasteiger partial charge in [0, 0.05) is 24.9 Å². The molecule has 1 saturated heterocycles. The summed E-state index contributed by atoms with van der Waals surface area (Å²) < 4.78 is 43.8. The Morgan fingerprint density at radius 3 is 2.43 bits per heavy atom. The third kappa shape index (κ3) is 5.60. The molecule has 0 aliphatic carbocycles. The summed E-state index contributed by atoms with van der Waals surface area (Å²) in [4.78, 5) is 20.9. The zero-order chi connectivity index (χ0) is 25.2. The number of piperidine rings is 1. The van der Waals surface area contributed by atoms with Gasteiger partial charge in [-0.3, -0.25) is 0 Å². The maximum atomic E-state index is 12.8. The Bertz CT molecular complexity index is 1180. The SMILES string of the molecule is CC(=NOc1ncnc(N2CCC(c3nc(C(C)C)no3)CC2)c1C)c1ccc(C(F)(F)F)cc1. The summed E-state index contributed by atoms with van der Waals surface area (Å²) in [5.41, 5.74) is 0.970. The molecule has 186 valence electrons. The lowest BCUT2D eigenvalue weighted by Crippen LogP contribution is -2.34. The molecule has 11 heteroatoms. The largest absolute Gasteiger partial charge is 0.416 e. The van der Waals surface area contributed by atoms with Crippen molar-refractivity contribution in [3.8, 4) is 5.88 Å². The quantitative estimate of drug-likeness (QED) is 0.334. The molecule has 1 aliphatic rings. The van der Waals surface area contributed by atoms with E-state index in [2.05, 4.69) is 30.2 Å². The van der Waals surface area contributed by atoms with Crippen molar-refractivity contribution in [1.82, 2.24) is 20.1 Å². The normalized spacial score (nSPS) is 15.7. The fraction of sp³-hybridized carbons (Fsp3) is 0.458. The fourth-order valence-corrected chi connectivity index (χ4v) is 3.89. The number of hydrogen-bond donors (Lipinski definition) is 0. The minimum atomic E-state index is -4.38. The molecule has 0 spiro atoms. The molecule has 1 aromatic carbocycles. The molecule has 1 aliphatic heterocycles. The van der Waals surface area contributed by atoms with Gasteiger partial charge in [-0.2, -0.15) is 23.1 Å². The van der Waals surface area contributed by atoms with Crippen molar-refractivity contribution in [1.29, 1.82) is 0 Å². The second-order valence-corrected chi connectivity index (χ2v) is 8.88. The molecule has 4 rings (SSSR count). The highest BCUT2D eigenvalue weighted by molar-refractivity contribution is 5.98. The van der Waals surface area contributed by atoms with E-state index in [4.69, 9.17) is 9.36 Å². The van der Waals surface area contributed by atoms with Crippen LogP contribution < -0.4 is 9.74 Å². The Labute approximate surface area is 201 Å². The van der Waals surface area contributed by atoms with E-state index in [9.17, 15) is 13.2 Å². The average molecular weight is 489 g/mol. The summed E-state index contributed by atoms with van der Waals surface area (Å²) in [6.07, 6.45) is -1.26. The minimum absolute atomic E-state index is 0.208. The van der Waals surface area contributed by atoms with E-state index < -0.39 is 11.7 Å². The van der Waals surface area contributed by atoms with E-state index in [0.29, 0.717) is 23.0 Å². The van der Waals surface area contributed by atoms with E-state index in [1.807, 2.05) is 20.8 Å². The van der Waals surface area contributed by atoms with Crippen LogP contribution in [0.1, 0.15) is 73.9 Å². The van der Waals surface area contributed by atoms with Crippen LogP contribution in [0.3, 0.4) is 0 Å². The highest BCUT2D eigenvalue weighted by Gasteiger charge is 2.30. The van der Waals surface area contributed by atoms with Gasteiger partial charge >= 0.3 is 6.18 Å². The molecule has 8 nitrogen and oxygen atoms in total. The van der Waals surface area contributed by atoms with E-state index in [0.717, 1.165) is 55.3 Å². The molecule has 0 saturated carbocycles. The first-order chi connectivity index (χ1) is 16.6. The van der Waals surface area contributed by atoms with Gasteiger partial charge in [0.1, 0.15) is 12.1 Å². The maximum Gasteiger partial charge on any atom is 0.416 e. The standard InChI is InChI=1S/C24H27F3N6O2/c1-14(2)20-30-23(35-32-20)18-9-11-33(12-10-18)21-15(3)22(29-13-28-21)34-31-16(4)17-5-7-19(8-6-17)24(25,26)27/h5-8,13-14,18H,9-12H2,1-4H3. The predicted octanol–water partition coefficient (Wildman–Crippen LogP) is 5.50. The average Bonchev–Trinajstić information content (AvgIpc) is 3.34. The lowest BCUT2D eigenvalue weighted by atomic mass is 9.96. The second kappa shape index (κ2) is 10.0. The first-order valence-corrected chi connectivity index (χ1v) is 11.4. The van der Waals surface area contributed by atoms with Crippen LogP contribution >= 0.6 is 0 Å². The Morgan fingerprint density at radius 1 is 1.14 bits per heavy atom. The number of benzene rings is 1.